The molecule has 0 radical (unpaired) electrons. The third-order valence-corrected chi connectivity index (χ3v) is 4.87. The first-order valence-electron chi connectivity index (χ1n) is 8.19. The zero-order chi connectivity index (χ0) is 16.9. The summed E-state index contributed by atoms with van der Waals surface area (Å²) in [5.74, 6) is 0.812. The number of thiophene rings is 1. The molecule has 0 amide bonds. The Morgan fingerprint density at radius 2 is 2.16 bits per heavy atom. The lowest BCUT2D eigenvalue weighted by atomic mass is 10.3. The van der Waals surface area contributed by atoms with Crippen molar-refractivity contribution < 1.29 is 0 Å². The number of pyridine rings is 1. The Hall–Kier alpha value is -1.61. The number of nitrogens with zero attached hydrogens (tertiary/aromatic N) is 3. The molecule has 0 aliphatic heterocycles. The molecule has 2 N–H and O–H groups in total. The van der Waals surface area contributed by atoms with E-state index in [1.165, 1.54) is 10.6 Å². The molecule has 0 saturated carbocycles. The van der Waals surface area contributed by atoms with Crippen LogP contribution >= 0.6 is 35.3 Å². The first-order chi connectivity index (χ1) is 11.7. The van der Waals surface area contributed by atoms with Gasteiger partial charge in [0.1, 0.15) is 5.65 Å². The smallest absolute Gasteiger partial charge is 0.192 e. The number of halogens is 1. The molecule has 1 atom stereocenters. The van der Waals surface area contributed by atoms with Gasteiger partial charge in [-0.15, -0.1) is 35.3 Å². The Morgan fingerprint density at radius 3 is 2.84 bits per heavy atom. The number of imidazole rings is 1. The maximum Gasteiger partial charge on any atom is 0.192 e. The minimum absolute atomic E-state index is 0. The molecular formula is C18H24IN5S. The monoisotopic (exact) mass is 469 g/mol. The summed E-state index contributed by atoms with van der Waals surface area (Å²) < 4.78 is 2.10. The summed E-state index contributed by atoms with van der Waals surface area (Å²) in [7, 11) is 0. The molecule has 0 spiro atoms. The van der Waals surface area contributed by atoms with Crippen molar-refractivity contribution in [2.45, 2.75) is 33.4 Å². The molecule has 3 heterocycles. The summed E-state index contributed by atoms with van der Waals surface area (Å²) in [4.78, 5) is 10.6. The zero-order valence-corrected chi connectivity index (χ0v) is 17.8. The largest absolute Gasteiger partial charge is 0.357 e. The van der Waals surface area contributed by atoms with Crippen LogP contribution in [-0.4, -0.2) is 21.9 Å². The number of rotatable bonds is 5. The molecule has 3 rings (SSSR count). The van der Waals surface area contributed by atoms with Gasteiger partial charge >= 0.3 is 0 Å². The van der Waals surface area contributed by atoms with Crippen molar-refractivity contribution in [3.8, 4) is 0 Å². The van der Waals surface area contributed by atoms with Crippen LogP contribution in [0.1, 0.15) is 36.2 Å². The van der Waals surface area contributed by atoms with Gasteiger partial charge in [0.15, 0.2) is 5.96 Å². The highest BCUT2D eigenvalue weighted by atomic mass is 127. The molecule has 3 aromatic heterocycles. The van der Waals surface area contributed by atoms with Gasteiger partial charge in [0.25, 0.3) is 0 Å². The Bertz CT molecular complexity index is 825. The number of aliphatic imine (C=N–C) groups is 1. The van der Waals surface area contributed by atoms with Gasteiger partial charge in [-0.3, -0.25) is 0 Å². The third kappa shape index (κ3) is 4.94. The van der Waals surface area contributed by atoms with E-state index in [-0.39, 0.29) is 30.0 Å². The lowest BCUT2D eigenvalue weighted by molar-refractivity contribution is 0.697. The Labute approximate surface area is 169 Å². The lowest BCUT2D eigenvalue weighted by Gasteiger charge is -2.16. The number of nitrogens with one attached hydrogen (secondary N) is 2. The van der Waals surface area contributed by atoms with Crippen LogP contribution in [0.15, 0.2) is 46.9 Å². The second kappa shape index (κ2) is 9.19. The van der Waals surface area contributed by atoms with E-state index in [4.69, 9.17) is 0 Å². The zero-order valence-electron chi connectivity index (χ0n) is 14.7. The van der Waals surface area contributed by atoms with Gasteiger partial charge in [0.05, 0.1) is 18.3 Å². The fourth-order valence-corrected chi connectivity index (χ4v) is 3.30. The van der Waals surface area contributed by atoms with E-state index in [2.05, 4.69) is 75.6 Å². The minimum atomic E-state index is 0. The molecule has 7 heteroatoms. The molecule has 0 bridgehead atoms. The molecule has 0 fully saturated rings. The molecule has 0 aromatic carbocycles. The molecule has 25 heavy (non-hydrogen) atoms. The second-order valence-corrected chi connectivity index (χ2v) is 6.68. The van der Waals surface area contributed by atoms with Crippen molar-refractivity contribution in [2.75, 3.05) is 6.54 Å². The Kier molecular flexibility index (Phi) is 7.24. The molecule has 134 valence electrons. The van der Waals surface area contributed by atoms with Crippen LogP contribution in [0.5, 0.6) is 0 Å². The predicted octanol–water partition coefficient (Wildman–Crippen LogP) is 4.14. The SMILES string of the molecule is CCNC(=NCc1cn2c(C)cccc2n1)NC(C)c1cccs1.I. The van der Waals surface area contributed by atoms with Crippen LogP contribution in [0.2, 0.25) is 0 Å². The highest BCUT2D eigenvalue weighted by molar-refractivity contribution is 14.0. The van der Waals surface area contributed by atoms with Gasteiger partial charge in [-0.05, 0) is 44.4 Å². The van der Waals surface area contributed by atoms with E-state index in [0.717, 1.165) is 23.8 Å². The summed E-state index contributed by atoms with van der Waals surface area (Å²) >= 11 is 1.75. The highest BCUT2D eigenvalue weighted by Gasteiger charge is 2.09. The van der Waals surface area contributed by atoms with Gasteiger partial charge in [0, 0.05) is 23.3 Å². The van der Waals surface area contributed by atoms with E-state index >= 15 is 0 Å². The number of hydrogen-bond acceptors (Lipinski definition) is 3. The summed E-state index contributed by atoms with van der Waals surface area (Å²) in [6, 6.07) is 10.6. The van der Waals surface area contributed by atoms with Crippen molar-refractivity contribution in [1.82, 2.24) is 20.0 Å². The quantitative estimate of drug-likeness (QED) is 0.336. The standard InChI is InChI=1S/C18H23N5S.HI/c1-4-19-18(21-14(3)16-8-6-10-24-16)20-11-15-12-23-13(2)7-5-9-17(23)22-15;/h5-10,12,14H,4,11H2,1-3H3,(H2,19,20,21);1H. The first-order valence-corrected chi connectivity index (χ1v) is 9.07. The van der Waals surface area contributed by atoms with Crippen molar-refractivity contribution in [3.05, 3.63) is 58.2 Å². The molecule has 0 saturated heterocycles. The van der Waals surface area contributed by atoms with Gasteiger partial charge in [0.2, 0.25) is 0 Å². The topological polar surface area (TPSA) is 53.7 Å². The molecule has 3 aromatic rings. The predicted molar refractivity (Wildman–Crippen MR) is 116 cm³/mol. The van der Waals surface area contributed by atoms with Gasteiger partial charge < -0.3 is 15.0 Å². The fraction of sp³-hybridized carbons (Fsp3) is 0.333. The summed E-state index contributed by atoms with van der Waals surface area (Å²) in [6.45, 7) is 7.67. The van der Waals surface area contributed by atoms with Crippen LogP contribution in [-0.2, 0) is 6.54 Å². The van der Waals surface area contributed by atoms with E-state index < -0.39 is 0 Å². The third-order valence-electron chi connectivity index (χ3n) is 3.81. The first kappa shape index (κ1) is 19.7. The highest BCUT2D eigenvalue weighted by Crippen LogP contribution is 2.18. The van der Waals surface area contributed by atoms with Crippen LogP contribution in [0, 0.1) is 6.92 Å². The summed E-state index contributed by atoms with van der Waals surface area (Å²) in [5.41, 5.74) is 3.10. The molecular weight excluding hydrogens is 445 g/mol. The minimum Gasteiger partial charge on any atom is -0.357 e. The van der Waals surface area contributed by atoms with E-state index in [9.17, 15) is 0 Å². The maximum atomic E-state index is 4.68. The second-order valence-electron chi connectivity index (χ2n) is 5.70. The van der Waals surface area contributed by atoms with Crippen LogP contribution in [0.4, 0.5) is 0 Å². The van der Waals surface area contributed by atoms with Gasteiger partial charge in [-0.1, -0.05) is 12.1 Å². The number of guanidine groups is 1. The van der Waals surface area contributed by atoms with Crippen molar-refractivity contribution in [2.24, 2.45) is 4.99 Å². The Morgan fingerprint density at radius 1 is 1.32 bits per heavy atom. The molecule has 5 nitrogen and oxygen atoms in total. The number of fused-ring (bicyclic) bond motifs is 1. The average Bonchev–Trinajstić information content (AvgIpc) is 3.23. The van der Waals surface area contributed by atoms with Gasteiger partial charge in [-0.2, -0.15) is 0 Å². The Balaban J connectivity index is 0.00000225. The van der Waals surface area contributed by atoms with E-state index in [1.54, 1.807) is 11.3 Å². The van der Waals surface area contributed by atoms with Crippen molar-refractivity contribution >= 4 is 46.9 Å². The van der Waals surface area contributed by atoms with Crippen LogP contribution in [0.25, 0.3) is 5.65 Å². The van der Waals surface area contributed by atoms with E-state index in [1.807, 2.05) is 12.1 Å². The average molecular weight is 469 g/mol. The molecule has 0 aliphatic rings. The van der Waals surface area contributed by atoms with Crippen molar-refractivity contribution in [3.63, 3.8) is 0 Å². The van der Waals surface area contributed by atoms with E-state index in [0.29, 0.717) is 6.54 Å². The number of aromatic nitrogens is 2. The number of aryl methyl sites for hydroxylation is 1. The summed E-state index contributed by atoms with van der Waals surface area (Å²) in [6.07, 6.45) is 2.06. The van der Waals surface area contributed by atoms with Crippen molar-refractivity contribution in [1.29, 1.82) is 0 Å². The van der Waals surface area contributed by atoms with Crippen LogP contribution in [0.3, 0.4) is 0 Å². The normalized spacial score (nSPS) is 12.7. The summed E-state index contributed by atoms with van der Waals surface area (Å²) in [5, 5.41) is 8.84. The fourth-order valence-electron chi connectivity index (χ4n) is 2.57. The number of hydrogen-bond donors (Lipinski definition) is 2. The molecule has 1 unspecified atom stereocenters. The molecule has 0 aliphatic carbocycles. The van der Waals surface area contributed by atoms with Crippen LogP contribution < -0.4 is 10.6 Å². The maximum absolute atomic E-state index is 4.68. The van der Waals surface area contributed by atoms with Gasteiger partial charge in [-0.25, -0.2) is 9.98 Å². The lowest BCUT2D eigenvalue weighted by Crippen LogP contribution is -2.38.